The van der Waals surface area contributed by atoms with E-state index in [2.05, 4.69) is 17.1 Å². The van der Waals surface area contributed by atoms with Crippen LogP contribution >= 0.6 is 11.8 Å². The predicted molar refractivity (Wildman–Crippen MR) is 147 cm³/mol. The van der Waals surface area contributed by atoms with E-state index in [-0.39, 0.29) is 5.91 Å². The Balaban J connectivity index is 1.70. The van der Waals surface area contributed by atoms with Gasteiger partial charge in [-0.2, -0.15) is 4.98 Å². The molecule has 0 N–H and O–H groups in total. The highest BCUT2D eigenvalue weighted by atomic mass is 32.2. The molecule has 8 heteroatoms. The number of carbonyl (C=O) groups is 1. The normalized spacial score (nSPS) is 14.5. The molecule has 190 valence electrons. The van der Waals surface area contributed by atoms with E-state index in [1.165, 1.54) is 0 Å². The highest BCUT2D eigenvalue weighted by molar-refractivity contribution is 7.99. The van der Waals surface area contributed by atoms with Gasteiger partial charge in [0.15, 0.2) is 5.69 Å². The molecule has 0 aliphatic carbocycles. The van der Waals surface area contributed by atoms with Gasteiger partial charge in [0, 0.05) is 18.2 Å². The van der Waals surface area contributed by atoms with Crippen LogP contribution in [-0.4, -0.2) is 33.4 Å². The van der Waals surface area contributed by atoms with Crippen LogP contribution in [0.4, 0.5) is 5.69 Å². The lowest BCUT2D eigenvalue weighted by Gasteiger charge is -2.31. The number of carbonyl (C=O) groups excluding carboxylic acids is 1. The molecule has 3 aromatic carbocycles. The molecule has 1 aliphatic rings. The summed E-state index contributed by atoms with van der Waals surface area (Å²) in [6.07, 6.45) is 2.58. The SMILES string of the molecule is CCCCCSc1nnc2c(n1)OC(c1c(OCC)ccc3ccccc13)N(C(C)=O)c1ccccc1-2. The molecule has 0 saturated heterocycles. The number of anilines is 1. The van der Waals surface area contributed by atoms with Crippen LogP contribution in [0.5, 0.6) is 11.6 Å². The fourth-order valence-corrected chi connectivity index (χ4v) is 5.41. The summed E-state index contributed by atoms with van der Waals surface area (Å²) in [7, 11) is 0. The average Bonchev–Trinajstić information content (AvgIpc) is 3.05. The summed E-state index contributed by atoms with van der Waals surface area (Å²) in [6, 6.07) is 19.7. The highest BCUT2D eigenvalue weighted by Crippen LogP contribution is 2.46. The van der Waals surface area contributed by atoms with Crippen molar-refractivity contribution >= 4 is 34.1 Å². The van der Waals surface area contributed by atoms with Crippen molar-refractivity contribution in [3.8, 4) is 22.9 Å². The van der Waals surface area contributed by atoms with Crippen molar-refractivity contribution in [3.63, 3.8) is 0 Å². The number of unbranched alkanes of at least 4 members (excludes halogenated alkanes) is 2. The number of aromatic nitrogens is 3. The molecular formula is C29H30N4O3S. The Bertz CT molecular complexity index is 1430. The molecule has 4 aromatic rings. The van der Waals surface area contributed by atoms with Crippen molar-refractivity contribution < 1.29 is 14.3 Å². The van der Waals surface area contributed by atoms with Crippen LogP contribution in [0.3, 0.4) is 0 Å². The van der Waals surface area contributed by atoms with Gasteiger partial charge in [0.1, 0.15) is 5.75 Å². The highest BCUT2D eigenvalue weighted by Gasteiger charge is 2.37. The summed E-state index contributed by atoms with van der Waals surface area (Å²) in [4.78, 5) is 19.7. The number of benzene rings is 3. The van der Waals surface area contributed by atoms with Gasteiger partial charge in [-0.25, -0.2) is 0 Å². The first-order chi connectivity index (χ1) is 18.1. The van der Waals surface area contributed by atoms with Crippen molar-refractivity contribution in [3.05, 3.63) is 66.2 Å². The van der Waals surface area contributed by atoms with E-state index in [1.54, 1.807) is 23.6 Å². The quantitative estimate of drug-likeness (QED) is 0.189. The third kappa shape index (κ3) is 4.98. The second kappa shape index (κ2) is 11.2. The van der Waals surface area contributed by atoms with Gasteiger partial charge in [-0.15, -0.1) is 10.2 Å². The van der Waals surface area contributed by atoms with Gasteiger partial charge in [0.25, 0.3) is 0 Å². The third-order valence-electron chi connectivity index (χ3n) is 6.31. The standard InChI is InChI=1S/C29H30N4O3S/c1-4-6-11-18-37-29-30-27-26(31-32-29)22-14-9-10-15-23(22)33(19(3)34)28(36-27)25-21-13-8-7-12-20(21)16-17-24(25)35-5-2/h7-10,12-17,28H,4-6,11,18H2,1-3H3. The molecule has 7 nitrogen and oxygen atoms in total. The van der Waals surface area contributed by atoms with Gasteiger partial charge in [-0.05, 0) is 36.2 Å². The van der Waals surface area contributed by atoms with Crippen molar-refractivity contribution in [1.29, 1.82) is 0 Å². The van der Waals surface area contributed by atoms with Crippen molar-refractivity contribution in [2.45, 2.75) is 51.4 Å². The minimum atomic E-state index is -0.817. The lowest BCUT2D eigenvalue weighted by atomic mass is 10.0. The largest absolute Gasteiger partial charge is 0.493 e. The van der Waals surface area contributed by atoms with Crippen molar-refractivity contribution in [2.24, 2.45) is 0 Å². The number of hydrogen-bond donors (Lipinski definition) is 0. The smallest absolute Gasteiger partial charge is 0.247 e. The van der Waals surface area contributed by atoms with Crippen LogP contribution in [0.2, 0.25) is 0 Å². The molecule has 0 saturated carbocycles. The van der Waals surface area contributed by atoms with E-state index < -0.39 is 6.23 Å². The fourth-order valence-electron chi connectivity index (χ4n) is 4.63. The number of amides is 1. The number of ether oxygens (including phenoxy) is 2. The van der Waals surface area contributed by atoms with Crippen molar-refractivity contribution in [2.75, 3.05) is 17.3 Å². The molecule has 1 aliphatic heterocycles. The Hall–Kier alpha value is -3.65. The third-order valence-corrected chi connectivity index (χ3v) is 7.23. The molecular weight excluding hydrogens is 484 g/mol. The Morgan fingerprint density at radius 3 is 2.65 bits per heavy atom. The predicted octanol–water partition coefficient (Wildman–Crippen LogP) is 6.82. The summed E-state index contributed by atoms with van der Waals surface area (Å²) in [6.45, 7) is 6.15. The summed E-state index contributed by atoms with van der Waals surface area (Å²) in [5, 5.41) is 11.5. The topological polar surface area (TPSA) is 77.4 Å². The molecule has 1 atom stereocenters. The Morgan fingerprint density at radius 1 is 1.03 bits per heavy atom. The molecule has 2 heterocycles. The van der Waals surface area contributed by atoms with Crippen molar-refractivity contribution in [1.82, 2.24) is 15.2 Å². The number of para-hydroxylation sites is 1. The van der Waals surface area contributed by atoms with Crippen LogP contribution in [0.1, 0.15) is 51.8 Å². The zero-order valence-electron chi connectivity index (χ0n) is 21.3. The Kier molecular flexibility index (Phi) is 7.55. The van der Waals surface area contributed by atoms with Gasteiger partial charge in [0.05, 0.1) is 17.9 Å². The van der Waals surface area contributed by atoms with E-state index in [1.807, 2.05) is 67.6 Å². The summed E-state index contributed by atoms with van der Waals surface area (Å²) in [5.41, 5.74) is 2.72. The van der Waals surface area contributed by atoms with Gasteiger partial charge in [-0.3, -0.25) is 9.69 Å². The molecule has 1 unspecified atom stereocenters. The fraction of sp³-hybridized carbons (Fsp3) is 0.310. The number of thioether (sulfide) groups is 1. The average molecular weight is 515 g/mol. The number of fused-ring (bicyclic) bond motifs is 4. The lowest BCUT2D eigenvalue weighted by Crippen LogP contribution is -2.36. The minimum absolute atomic E-state index is 0.164. The van der Waals surface area contributed by atoms with Gasteiger partial charge >= 0.3 is 0 Å². The van der Waals surface area contributed by atoms with Gasteiger partial charge < -0.3 is 9.47 Å². The van der Waals surface area contributed by atoms with E-state index in [0.29, 0.717) is 34.8 Å². The maximum absolute atomic E-state index is 13.3. The number of rotatable bonds is 8. The van der Waals surface area contributed by atoms with Gasteiger partial charge in [0.2, 0.25) is 23.2 Å². The summed E-state index contributed by atoms with van der Waals surface area (Å²) >= 11 is 1.57. The van der Waals surface area contributed by atoms with Crippen LogP contribution in [0.25, 0.3) is 22.0 Å². The molecule has 5 rings (SSSR count). The van der Waals surface area contributed by atoms with Crippen LogP contribution in [-0.2, 0) is 4.79 Å². The van der Waals surface area contributed by atoms with E-state index in [0.717, 1.165) is 46.9 Å². The zero-order valence-corrected chi connectivity index (χ0v) is 22.1. The second-order valence-electron chi connectivity index (χ2n) is 8.81. The molecule has 0 bridgehead atoms. The lowest BCUT2D eigenvalue weighted by molar-refractivity contribution is -0.118. The van der Waals surface area contributed by atoms with Gasteiger partial charge in [-0.1, -0.05) is 80.1 Å². The molecule has 1 aromatic heterocycles. The van der Waals surface area contributed by atoms with Crippen LogP contribution < -0.4 is 14.4 Å². The number of hydrogen-bond acceptors (Lipinski definition) is 7. The summed E-state index contributed by atoms with van der Waals surface area (Å²) < 4.78 is 12.7. The number of nitrogens with zero attached hydrogens (tertiary/aromatic N) is 4. The molecule has 0 radical (unpaired) electrons. The second-order valence-corrected chi connectivity index (χ2v) is 9.87. The maximum Gasteiger partial charge on any atom is 0.247 e. The summed E-state index contributed by atoms with van der Waals surface area (Å²) in [5.74, 6) is 1.76. The first-order valence-corrected chi connectivity index (χ1v) is 13.7. The molecule has 0 fully saturated rings. The first-order valence-electron chi connectivity index (χ1n) is 12.7. The Labute approximate surface area is 221 Å². The van der Waals surface area contributed by atoms with Crippen LogP contribution in [0.15, 0.2) is 65.8 Å². The maximum atomic E-state index is 13.3. The molecule has 0 spiro atoms. The zero-order chi connectivity index (χ0) is 25.8. The Morgan fingerprint density at radius 2 is 1.84 bits per heavy atom. The van der Waals surface area contributed by atoms with Crippen LogP contribution in [0, 0.1) is 0 Å². The monoisotopic (exact) mass is 514 g/mol. The minimum Gasteiger partial charge on any atom is -0.493 e. The first kappa shape index (κ1) is 25.0. The van der Waals surface area contributed by atoms with E-state index in [4.69, 9.17) is 14.5 Å². The van der Waals surface area contributed by atoms with E-state index in [9.17, 15) is 4.79 Å². The molecule has 1 amide bonds. The van der Waals surface area contributed by atoms with E-state index >= 15 is 0 Å². The molecule has 37 heavy (non-hydrogen) atoms.